The van der Waals surface area contributed by atoms with E-state index in [1.165, 1.54) is 16.3 Å². The highest BCUT2D eigenvalue weighted by Gasteiger charge is 2.19. The van der Waals surface area contributed by atoms with E-state index in [1.807, 2.05) is 24.4 Å². The van der Waals surface area contributed by atoms with Crippen LogP contribution in [0.15, 0.2) is 77.8 Å². The summed E-state index contributed by atoms with van der Waals surface area (Å²) in [5.41, 5.74) is 6.65. The van der Waals surface area contributed by atoms with Crippen molar-refractivity contribution in [2.45, 2.75) is 26.2 Å². The van der Waals surface area contributed by atoms with E-state index in [-0.39, 0.29) is 5.41 Å². The van der Waals surface area contributed by atoms with Gasteiger partial charge in [0.1, 0.15) is 11.8 Å². The van der Waals surface area contributed by atoms with Gasteiger partial charge in [0.05, 0.1) is 17.7 Å². The van der Waals surface area contributed by atoms with Crippen LogP contribution >= 0.6 is 0 Å². The molecule has 0 atom stereocenters. The zero-order chi connectivity index (χ0) is 20.0. The molecule has 29 heavy (non-hydrogen) atoms. The summed E-state index contributed by atoms with van der Waals surface area (Å²) in [6.07, 6.45) is 5.09. The average molecular weight is 379 g/mol. The molecule has 0 amide bonds. The lowest BCUT2D eigenvalue weighted by Gasteiger charge is -2.22. The molecule has 0 bridgehead atoms. The molecule has 0 radical (unpaired) electrons. The van der Waals surface area contributed by atoms with Crippen molar-refractivity contribution >= 4 is 21.9 Å². The summed E-state index contributed by atoms with van der Waals surface area (Å²) < 4.78 is 5.49. The van der Waals surface area contributed by atoms with Crippen LogP contribution in [0.2, 0.25) is 0 Å². The molecule has 0 unspecified atom stereocenters. The van der Waals surface area contributed by atoms with Gasteiger partial charge in [0.15, 0.2) is 5.58 Å². The summed E-state index contributed by atoms with van der Waals surface area (Å²) in [6.45, 7) is 6.73. The Bertz CT molecular complexity index is 1350. The molecule has 5 rings (SSSR count). The Balaban J connectivity index is 1.66. The second kappa shape index (κ2) is 6.52. The first-order valence-electron chi connectivity index (χ1n) is 9.68. The van der Waals surface area contributed by atoms with Gasteiger partial charge in [-0.3, -0.25) is 4.98 Å². The molecule has 0 aliphatic carbocycles. The number of hydrogen-bond donors (Lipinski definition) is 0. The van der Waals surface area contributed by atoms with Crippen molar-refractivity contribution in [3.8, 4) is 22.5 Å². The van der Waals surface area contributed by atoms with Crippen LogP contribution in [0.25, 0.3) is 44.4 Å². The van der Waals surface area contributed by atoms with E-state index < -0.39 is 0 Å². The van der Waals surface area contributed by atoms with E-state index in [1.54, 1.807) is 12.6 Å². The minimum atomic E-state index is 0.0275. The van der Waals surface area contributed by atoms with E-state index in [4.69, 9.17) is 4.42 Å². The molecule has 4 nitrogen and oxygen atoms in total. The maximum absolute atomic E-state index is 5.49. The number of pyridine rings is 1. The molecule has 2 aromatic carbocycles. The summed E-state index contributed by atoms with van der Waals surface area (Å²) in [7, 11) is 0. The summed E-state index contributed by atoms with van der Waals surface area (Å²) in [6, 6.07) is 18.8. The second-order valence-electron chi connectivity index (χ2n) is 8.31. The zero-order valence-corrected chi connectivity index (χ0v) is 16.7. The number of benzene rings is 2. The van der Waals surface area contributed by atoms with Crippen LogP contribution in [0.5, 0.6) is 0 Å². The molecule has 0 saturated heterocycles. The van der Waals surface area contributed by atoms with Gasteiger partial charge in [0, 0.05) is 23.4 Å². The zero-order valence-electron chi connectivity index (χ0n) is 16.7. The molecular formula is C25H21N3O. The van der Waals surface area contributed by atoms with Crippen LogP contribution in [0.1, 0.15) is 26.3 Å². The van der Waals surface area contributed by atoms with Gasteiger partial charge in [0.2, 0.25) is 0 Å². The summed E-state index contributed by atoms with van der Waals surface area (Å²) in [5, 5.41) is 2.50. The molecule has 0 fully saturated rings. The number of furan rings is 1. The van der Waals surface area contributed by atoms with E-state index in [2.05, 4.69) is 72.1 Å². The average Bonchev–Trinajstić information content (AvgIpc) is 3.20. The van der Waals surface area contributed by atoms with Crippen LogP contribution in [0, 0.1) is 0 Å². The predicted molar refractivity (Wildman–Crippen MR) is 117 cm³/mol. The first kappa shape index (κ1) is 17.6. The molecule has 0 aliphatic heterocycles. The molecule has 0 aliphatic rings. The monoisotopic (exact) mass is 379 g/mol. The fourth-order valence-electron chi connectivity index (χ4n) is 3.74. The van der Waals surface area contributed by atoms with Crippen molar-refractivity contribution in [1.82, 2.24) is 15.0 Å². The van der Waals surface area contributed by atoms with Crippen molar-refractivity contribution in [3.63, 3.8) is 0 Å². The lowest BCUT2D eigenvalue weighted by atomic mass is 9.82. The number of hydrogen-bond acceptors (Lipinski definition) is 4. The van der Waals surface area contributed by atoms with Crippen LogP contribution in [-0.2, 0) is 5.41 Å². The minimum Gasteiger partial charge on any atom is -0.463 e. The molecular weight excluding hydrogens is 358 g/mol. The van der Waals surface area contributed by atoms with Crippen molar-refractivity contribution in [3.05, 3.63) is 78.9 Å². The van der Waals surface area contributed by atoms with Crippen LogP contribution in [0.4, 0.5) is 0 Å². The second-order valence-corrected chi connectivity index (χ2v) is 8.31. The molecule has 142 valence electrons. The third-order valence-electron chi connectivity index (χ3n) is 5.23. The van der Waals surface area contributed by atoms with Gasteiger partial charge in [-0.25, -0.2) is 9.97 Å². The van der Waals surface area contributed by atoms with E-state index >= 15 is 0 Å². The Hall–Kier alpha value is -3.53. The van der Waals surface area contributed by atoms with Gasteiger partial charge in [-0.1, -0.05) is 45.0 Å². The highest BCUT2D eigenvalue weighted by Crippen LogP contribution is 2.35. The van der Waals surface area contributed by atoms with Gasteiger partial charge in [-0.2, -0.15) is 0 Å². The highest BCUT2D eigenvalue weighted by atomic mass is 16.3. The predicted octanol–water partition coefficient (Wildman–Crippen LogP) is 6.40. The number of aromatic nitrogens is 3. The number of fused-ring (bicyclic) bond motifs is 2. The van der Waals surface area contributed by atoms with E-state index in [0.29, 0.717) is 0 Å². The lowest BCUT2D eigenvalue weighted by Crippen LogP contribution is -2.12. The van der Waals surface area contributed by atoms with E-state index in [9.17, 15) is 0 Å². The number of nitrogens with zero attached hydrogens (tertiary/aromatic N) is 3. The Morgan fingerprint density at radius 1 is 0.793 bits per heavy atom. The summed E-state index contributed by atoms with van der Waals surface area (Å²) in [5.74, 6) is 0. The van der Waals surface area contributed by atoms with Gasteiger partial charge in [0.25, 0.3) is 0 Å². The van der Waals surface area contributed by atoms with Gasteiger partial charge < -0.3 is 4.42 Å². The summed E-state index contributed by atoms with van der Waals surface area (Å²) in [4.78, 5) is 13.5. The third kappa shape index (κ3) is 3.17. The Morgan fingerprint density at radius 2 is 1.59 bits per heavy atom. The van der Waals surface area contributed by atoms with Crippen molar-refractivity contribution in [2.75, 3.05) is 0 Å². The van der Waals surface area contributed by atoms with Crippen LogP contribution in [-0.4, -0.2) is 15.0 Å². The molecule has 0 saturated carbocycles. The molecule has 5 aromatic rings. The van der Waals surface area contributed by atoms with Crippen molar-refractivity contribution in [2.24, 2.45) is 0 Å². The fraction of sp³-hybridized carbons (Fsp3) is 0.160. The lowest BCUT2D eigenvalue weighted by molar-refractivity contribution is 0.596. The van der Waals surface area contributed by atoms with Gasteiger partial charge in [-0.05, 0) is 46.0 Å². The molecule has 0 spiro atoms. The van der Waals surface area contributed by atoms with E-state index in [0.717, 1.165) is 33.6 Å². The van der Waals surface area contributed by atoms with Crippen molar-refractivity contribution in [1.29, 1.82) is 0 Å². The minimum absolute atomic E-state index is 0.0275. The maximum Gasteiger partial charge on any atom is 0.152 e. The number of rotatable bonds is 2. The highest BCUT2D eigenvalue weighted by molar-refractivity contribution is 5.91. The molecule has 0 N–H and O–H groups in total. The van der Waals surface area contributed by atoms with Crippen LogP contribution in [0.3, 0.4) is 0 Å². The fourth-order valence-corrected chi connectivity index (χ4v) is 3.74. The quantitative estimate of drug-likeness (QED) is 0.356. The SMILES string of the molecule is CC(C)(C)c1cc(-c2cc(-c3cnc4ccoc4c3)ncn2)cc2ccccc12. The topological polar surface area (TPSA) is 51.8 Å². The van der Waals surface area contributed by atoms with Crippen LogP contribution < -0.4 is 0 Å². The Labute approximate surface area is 169 Å². The molecule has 3 aromatic heterocycles. The molecule has 4 heteroatoms. The maximum atomic E-state index is 5.49. The summed E-state index contributed by atoms with van der Waals surface area (Å²) >= 11 is 0. The van der Waals surface area contributed by atoms with Crippen molar-refractivity contribution < 1.29 is 4.42 Å². The normalized spacial score (nSPS) is 12.0. The largest absolute Gasteiger partial charge is 0.463 e. The smallest absolute Gasteiger partial charge is 0.152 e. The van der Waals surface area contributed by atoms with Gasteiger partial charge >= 0.3 is 0 Å². The third-order valence-corrected chi connectivity index (χ3v) is 5.23. The van der Waals surface area contributed by atoms with Gasteiger partial charge in [-0.15, -0.1) is 0 Å². The standard InChI is InChI=1S/C25H21N3O/c1-25(2,3)20-11-17(10-16-6-4-5-7-19(16)20)22-13-23(28-15-27-22)18-12-24-21(26-14-18)8-9-29-24/h4-15H,1-3H3. The first-order valence-corrected chi connectivity index (χ1v) is 9.68. The first-order chi connectivity index (χ1) is 14.0. The molecule has 3 heterocycles. The Kier molecular flexibility index (Phi) is 3.95. The Morgan fingerprint density at radius 3 is 2.41 bits per heavy atom.